The lowest BCUT2D eigenvalue weighted by Crippen LogP contribution is -2.29. The summed E-state index contributed by atoms with van der Waals surface area (Å²) in [6.07, 6.45) is 7.53. The zero-order chi connectivity index (χ0) is 23.8. The number of nitrogens with zero attached hydrogens (tertiary/aromatic N) is 2. The minimum absolute atomic E-state index is 0.0740. The number of Topliss-reactive ketones (excluding diaryl/α,β-unsaturated/α-hetero) is 1. The molecule has 0 unspecified atom stereocenters. The summed E-state index contributed by atoms with van der Waals surface area (Å²) in [6.45, 7) is 4.48. The summed E-state index contributed by atoms with van der Waals surface area (Å²) in [5.74, 6) is 0.420. The van der Waals surface area contributed by atoms with Crippen molar-refractivity contribution < 1.29 is 19.4 Å². The summed E-state index contributed by atoms with van der Waals surface area (Å²) in [5.41, 5.74) is 5.11. The number of benzene rings is 1. The van der Waals surface area contributed by atoms with E-state index in [9.17, 15) is 9.59 Å². The zero-order valence-electron chi connectivity index (χ0n) is 19.9. The number of nitrogens with one attached hydrogen (secondary N) is 2. The standard InChI is InChI=1S/C18H21N3O2.C6H11NO.CH4O/c1-21-6-4-13(5-7-21)16-10-19-17-3-2-12(9-15(16)17)8-14-11-23-18(22)20-14;1-7-4-2-6(8)3-5-7;1-2/h2-4,9-10,14,19H,5-8,11H2,1H3,(H,20,22);2-5H2,1H3;2H,1H3/t14-;;/m0../s1. The average Bonchev–Trinajstić information content (AvgIpc) is 3.44. The van der Waals surface area contributed by atoms with Crippen molar-refractivity contribution in [1.82, 2.24) is 20.1 Å². The van der Waals surface area contributed by atoms with Crippen molar-refractivity contribution in [1.29, 1.82) is 0 Å². The number of fused-ring (bicyclic) bond motifs is 1. The van der Waals surface area contributed by atoms with Crippen LogP contribution in [0.4, 0.5) is 4.79 Å². The molecular weight excluding hydrogens is 420 g/mol. The molecule has 2 fully saturated rings. The first kappa shape index (κ1) is 25.0. The Bertz CT molecular complexity index is 974. The number of aromatic nitrogens is 1. The second-order valence-corrected chi connectivity index (χ2v) is 8.81. The van der Waals surface area contributed by atoms with Crippen molar-refractivity contribution in [2.45, 2.75) is 31.7 Å². The van der Waals surface area contributed by atoms with E-state index in [-0.39, 0.29) is 12.1 Å². The fourth-order valence-corrected chi connectivity index (χ4v) is 4.26. The van der Waals surface area contributed by atoms with Gasteiger partial charge in [0.1, 0.15) is 12.4 Å². The number of cyclic esters (lactones) is 1. The first-order chi connectivity index (χ1) is 16.0. The SMILES string of the molecule is CN1CC=C(c2c[nH]c3ccc(C[C@H]4COC(=O)N4)cc23)CC1.CN1CCC(=O)CC1.CO. The highest BCUT2D eigenvalue weighted by molar-refractivity contribution is 5.93. The van der Waals surface area contributed by atoms with Gasteiger partial charge in [0.25, 0.3) is 0 Å². The normalized spacial score (nSPS) is 21.3. The summed E-state index contributed by atoms with van der Waals surface area (Å²) in [6, 6.07) is 6.56. The Morgan fingerprint density at radius 2 is 1.79 bits per heavy atom. The number of ketones is 1. The lowest BCUT2D eigenvalue weighted by atomic mass is 9.97. The van der Waals surface area contributed by atoms with E-state index in [1.807, 2.05) is 7.05 Å². The number of piperidine rings is 1. The summed E-state index contributed by atoms with van der Waals surface area (Å²) < 4.78 is 4.97. The quantitative estimate of drug-likeness (QED) is 0.656. The molecule has 3 aliphatic heterocycles. The highest BCUT2D eigenvalue weighted by atomic mass is 16.6. The van der Waals surface area contributed by atoms with Crippen LogP contribution in [0.5, 0.6) is 0 Å². The predicted octanol–water partition coefficient (Wildman–Crippen LogP) is 2.43. The predicted molar refractivity (Wildman–Crippen MR) is 130 cm³/mol. The molecular formula is C25H36N4O4. The van der Waals surface area contributed by atoms with Crippen molar-refractivity contribution in [3.8, 4) is 0 Å². The van der Waals surface area contributed by atoms with Crippen molar-refractivity contribution >= 4 is 28.4 Å². The fraction of sp³-hybridized carbons (Fsp3) is 0.520. The lowest BCUT2D eigenvalue weighted by molar-refractivity contribution is -0.121. The third-order valence-corrected chi connectivity index (χ3v) is 6.27. The number of alkyl carbamates (subject to hydrolysis) is 1. The van der Waals surface area contributed by atoms with Crippen LogP contribution < -0.4 is 5.32 Å². The number of aliphatic hydroxyl groups is 1. The minimum atomic E-state index is -0.310. The number of hydrogen-bond donors (Lipinski definition) is 3. The number of likely N-dealkylation sites (N-methyl/N-ethyl adjacent to an activating group) is 1. The van der Waals surface area contributed by atoms with E-state index in [1.165, 1.54) is 22.1 Å². The van der Waals surface area contributed by atoms with Gasteiger partial charge in [-0.05, 0) is 50.2 Å². The minimum Gasteiger partial charge on any atom is -0.447 e. The van der Waals surface area contributed by atoms with E-state index < -0.39 is 0 Å². The van der Waals surface area contributed by atoms with Crippen LogP contribution in [0.2, 0.25) is 0 Å². The van der Waals surface area contributed by atoms with Gasteiger partial charge < -0.3 is 29.9 Å². The number of carbonyl (C=O) groups is 2. The molecule has 2 saturated heterocycles. The Kier molecular flexibility index (Phi) is 9.05. The zero-order valence-corrected chi connectivity index (χ0v) is 19.9. The monoisotopic (exact) mass is 456 g/mol. The second-order valence-electron chi connectivity index (χ2n) is 8.81. The third-order valence-electron chi connectivity index (χ3n) is 6.27. The molecule has 1 aromatic heterocycles. The van der Waals surface area contributed by atoms with Gasteiger partial charge in [-0.2, -0.15) is 0 Å². The maximum atomic E-state index is 11.2. The van der Waals surface area contributed by atoms with Gasteiger partial charge in [-0.25, -0.2) is 4.79 Å². The molecule has 2 aromatic rings. The van der Waals surface area contributed by atoms with E-state index >= 15 is 0 Å². The smallest absolute Gasteiger partial charge is 0.407 e. The molecule has 0 aliphatic carbocycles. The summed E-state index contributed by atoms with van der Waals surface area (Å²) in [5, 5.41) is 11.1. The third kappa shape index (κ3) is 6.90. The summed E-state index contributed by atoms with van der Waals surface area (Å²) >= 11 is 0. The van der Waals surface area contributed by atoms with Crippen LogP contribution in [0.25, 0.3) is 16.5 Å². The molecule has 0 spiro atoms. The van der Waals surface area contributed by atoms with E-state index in [0.717, 1.165) is 64.5 Å². The Morgan fingerprint density at radius 3 is 2.39 bits per heavy atom. The first-order valence-corrected chi connectivity index (χ1v) is 11.5. The molecule has 1 atom stereocenters. The highest BCUT2D eigenvalue weighted by Gasteiger charge is 2.22. The van der Waals surface area contributed by atoms with Crippen LogP contribution in [0, 0.1) is 0 Å². The first-order valence-electron chi connectivity index (χ1n) is 11.5. The number of likely N-dealkylation sites (tertiary alicyclic amines) is 1. The number of H-pyrrole nitrogens is 1. The van der Waals surface area contributed by atoms with Gasteiger partial charge in [0.15, 0.2) is 0 Å². The summed E-state index contributed by atoms with van der Waals surface area (Å²) in [4.78, 5) is 29.6. The molecule has 1 aromatic carbocycles. The maximum Gasteiger partial charge on any atom is 0.407 e. The van der Waals surface area contributed by atoms with E-state index in [4.69, 9.17) is 9.84 Å². The van der Waals surface area contributed by atoms with Gasteiger partial charge in [0, 0.05) is 68.8 Å². The number of rotatable bonds is 3. The molecule has 0 radical (unpaired) electrons. The number of carbonyl (C=O) groups excluding carboxylic acids is 2. The van der Waals surface area contributed by atoms with Crippen LogP contribution in [-0.2, 0) is 16.0 Å². The molecule has 4 heterocycles. The molecule has 8 heteroatoms. The van der Waals surface area contributed by atoms with E-state index in [1.54, 1.807) is 0 Å². The van der Waals surface area contributed by atoms with Crippen molar-refractivity contribution in [2.24, 2.45) is 0 Å². The van der Waals surface area contributed by atoms with Crippen molar-refractivity contribution in [2.75, 3.05) is 54.0 Å². The van der Waals surface area contributed by atoms with Crippen LogP contribution in [0.15, 0.2) is 30.5 Å². The van der Waals surface area contributed by atoms with Gasteiger partial charge in [-0.15, -0.1) is 0 Å². The van der Waals surface area contributed by atoms with Gasteiger partial charge in [-0.1, -0.05) is 12.1 Å². The largest absolute Gasteiger partial charge is 0.447 e. The van der Waals surface area contributed by atoms with Gasteiger partial charge in [0.05, 0.1) is 6.04 Å². The molecule has 5 rings (SSSR count). The van der Waals surface area contributed by atoms with Gasteiger partial charge >= 0.3 is 6.09 Å². The van der Waals surface area contributed by atoms with Crippen molar-refractivity contribution in [3.63, 3.8) is 0 Å². The maximum absolute atomic E-state index is 11.2. The number of hydrogen-bond acceptors (Lipinski definition) is 6. The fourth-order valence-electron chi connectivity index (χ4n) is 4.26. The van der Waals surface area contributed by atoms with Crippen LogP contribution >= 0.6 is 0 Å². The average molecular weight is 457 g/mol. The molecule has 1 amide bonds. The summed E-state index contributed by atoms with van der Waals surface area (Å²) in [7, 11) is 5.20. The number of aliphatic hydroxyl groups excluding tert-OH is 1. The Balaban J connectivity index is 0.000000258. The van der Waals surface area contributed by atoms with E-state index in [0.29, 0.717) is 12.4 Å². The van der Waals surface area contributed by atoms with Crippen LogP contribution in [0.1, 0.15) is 30.4 Å². The Labute approximate surface area is 195 Å². The molecule has 8 nitrogen and oxygen atoms in total. The molecule has 3 aliphatic rings. The molecule has 3 N–H and O–H groups in total. The van der Waals surface area contributed by atoms with Gasteiger partial charge in [-0.3, -0.25) is 4.79 Å². The van der Waals surface area contributed by atoms with Crippen molar-refractivity contribution in [3.05, 3.63) is 41.6 Å². The highest BCUT2D eigenvalue weighted by Crippen LogP contribution is 2.30. The second kappa shape index (κ2) is 12.0. The molecule has 33 heavy (non-hydrogen) atoms. The topological polar surface area (TPSA) is 97.9 Å². The Morgan fingerprint density at radius 1 is 1.06 bits per heavy atom. The Hall–Kier alpha value is -2.68. The number of ether oxygens (including phenoxy) is 1. The van der Waals surface area contributed by atoms with Crippen LogP contribution in [-0.4, -0.2) is 91.8 Å². The molecule has 0 saturated carbocycles. The lowest BCUT2D eigenvalue weighted by Gasteiger charge is -2.21. The number of aromatic amines is 1. The molecule has 0 bridgehead atoms. The number of amides is 1. The van der Waals surface area contributed by atoms with Gasteiger partial charge in [0.2, 0.25) is 0 Å². The van der Waals surface area contributed by atoms with Crippen LogP contribution in [0.3, 0.4) is 0 Å². The molecule has 180 valence electrons. The van der Waals surface area contributed by atoms with E-state index in [2.05, 4.69) is 57.6 Å².